The van der Waals surface area contributed by atoms with E-state index in [0.717, 1.165) is 37.2 Å². The van der Waals surface area contributed by atoms with Crippen LogP contribution in [0.15, 0.2) is 18.2 Å². The van der Waals surface area contributed by atoms with E-state index in [-0.39, 0.29) is 11.9 Å². The minimum Gasteiger partial charge on any atom is -0.381 e. The number of hydrogen-bond donors (Lipinski definition) is 1. The molecule has 100 valence electrons. The zero-order valence-electron chi connectivity index (χ0n) is 11.0. The number of halogens is 1. The first-order valence-corrected chi connectivity index (χ1v) is 6.44. The summed E-state index contributed by atoms with van der Waals surface area (Å²) < 4.78 is 18.7. The molecule has 2 rings (SSSR count). The Morgan fingerprint density at radius 2 is 2.06 bits per heavy atom. The molecule has 3 nitrogen and oxygen atoms in total. The second kappa shape index (κ2) is 5.67. The third-order valence-electron chi connectivity index (χ3n) is 3.60. The van der Waals surface area contributed by atoms with E-state index in [4.69, 9.17) is 10.5 Å². The summed E-state index contributed by atoms with van der Waals surface area (Å²) in [4.78, 5) is 2.27. The van der Waals surface area contributed by atoms with Crippen LogP contribution in [0.3, 0.4) is 0 Å². The molecule has 1 unspecified atom stereocenters. The van der Waals surface area contributed by atoms with Gasteiger partial charge in [-0.15, -0.1) is 0 Å². The molecule has 1 saturated heterocycles. The monoisotopic (exact) mass is 252 g/mol. The number of nitrogens with two attached hydrogens (primary N) is 1. The van der Waals surface area contributed by atoms with Gasteiger partial charge in [-0.3, -0.25) is 0 Å². The average Bonchev–Trinajstić information content (AvgIpc) is 2.39. The predicted octanol–water partition coefficient (Wildman–Crippen LogP) is 2.46. The molecule has 1 aliphatic heterocycles. The van der Waals surface area contributed by atoms with Crippen LogP contribution in [0.2, 0.25) is 0 Å². The lowest BCUT2D eigenvalue weighted by Crippen LogP contribution is -2.37. The van der Waals surface area contributed by atoms with Crippen molar-refractivity contribution in [1.82, 2.24) is 0 Å². The van der Waals surface area contributed by atoms with Crippen LogP contribution in [0.5, 0.6) is 0 Å². The molecule has 0 bridgehead atoms. The van der Waals surface area contributed by atoms with Crippen molar-refractivity contribution >= 4 is 5.69 Å². The third kappa shape index (κ3) is 2.82. The summed E-state index contributed by atoms with van der Waals surface area (Å²) >= 11 is 0. The minimum atomic E-state index is -0.224. The molecule has 1 aromatic rings. The fourth-order valence-corrected chi connectivity index (χ4v) is 2.51. The molecule has 1 fully saturated rings. The van der Waals surface area contributed by atoms with Gasteiger partial charge in [0.15, 0.2) is 0 Å². The number of piperidine rings is 1. The highest BCUT2D eigenvalue weighted by Gasteiger charge is 2.21. The van der Waals surface area contributed by atoms with Crippen molar-refractivity contribution in [3.63, 3.8) is 0 Å². The standard InChI is InChI=1S/C14H21FN2O/c1-10(16)13-9-11(15)3-4-14(13)17-7-5-12(18-2)6-8-17/h3-4,9-10,12H,5-8,16H2,1-2H3. The Kier molecular flexibility index (Phi) is 4.19. The van der Waals surface area contributed by atoms with E-state index < -0.39 is 0 Å². The molecule has 2 N–H and O–H groups in total. The Morgan fingerprint density at radius 1 is 1.39 bits per heavy atom. The number of nitrogens with zero attached hydrogens (tertiary/aromatic N) is 1. The number of anilines is 1. The van der Waals surface area contributed by atoms with Crippen LogP contribution in [0.4, 0.5) is 10.1 Å². The van der Waals surface area contributed by atoms with Crippen LogP contribution < -0.4 is 10.6 Å². The van der Waals surface area contributed by atoms with Crippen LogP contribution in [0, 0.1) is 5.82 Å². The highest BCUT2D eigenvalue weighted by atomic mass is 19.1. The van der Waals surface area contributed by atoms with Gasteiger partial charge in [0.1, 0.15) is 5.82 Å². The Hall–Kier alpha value is -1.13. The van der Waals surface area contributed by atoms with E-state index in [1.165, 1.54) is 6.07 Å². The molecule has 1 heterocycles. The van der Waals surface area contributed by atoms with E-state index in [1.54, 1.807) is 13.2 Å². The Morgan fingerprint density at radius 3 is 2.61 bits per heavy atom. The van der Waals surface area contributed by atoms with Gasteiger partial charge in [-0.2, -0.15) is 0 Å². The highest BCUT2D eigenvalue weighted by molar-refractivity contribution is 5.55. The summed E-state index contributed by atoms with van der Waals surface area (Å²) in [5, 5.41) is 0. The van der Waals surface area contributed by atoms with Crippen molar-refractivity contribution in [3.8, 4) is 0 Å². The number of methoxy groups -OCH3 is 1. The van der Waals surface area contributed by atoms with Crippen molar-refractivity contribution in [2.24, 2.45) is 5.73 Å². The van der Waals surface area contributed by atoms with Crippen LogP contribution >= 0.6 is 0 Å². The molecule has 1 aliphatic rings. The Bertz CT molecular complexity index is 401. The molecule has 0 radical (unpaired) electrons. The molecule has 0 aliphatic carbocycles. The zero-order chi connectivity index (χ0) is 13.1. The molecule has 1 aromatic carbocycles. The number of ether oxygens (including phenoxy) is 1. The highest BCUT2D eigenvalue weighted by Crippen LogP contribution is 2.29. The third-order valence-corrected chi connectivity index (χ3v) is 3.60. The predicted molar refractivity (Wildman–Crippen MR) is 71.2 cm³/mol. The SMILES string of the molecule is COC1CCN(c2ccc(F)cc2C(C)N)CC1. The Balaban J connectivity index is 2.18. The molecule has 0 saturated carbocycles. The topological polar surface area (TPSA) is 38.5 Å². The van der Waals surface area contributed by atoms with Gasteiger partial charge in [0, 0.05) is 31.9 Å². The molecule has 4 heteroatoms. The van der Waals surface area contributed by atoms with Crippen molar-refractivity contribution in [3.05, 3.63) is 29.6 Å². The number of rotatable bonds is 3. The smallest absolute Gasteiger partial charge is 0.123 e. The van der Waals surface area contributed by atoms with E-state index in [2.05, 4.69) is 4.90 Å². The van der Waals surface area contributed by atoms with Gasteiger partial charge < -0.3 is 15.4 Å². The van der Waals surface area contributed by atoms with Crippen molar-refractivity contribution < 1.29 is 9.13 Å². The van der Waals surface area contributed by atoms with E-state index >= 15 is 0 Å². The largest absolute Gasteiger partial charge is 0.381 e. The summed E-state index contributed by atoms with van der Waals surface area (Å²) in [5.74, 6) is -0.224. The number of hydrogen-bond acceptors (Lipinski definition) is 3. The fourth-order valence-electron chi connectivity index (χ4n) is 2.51. The summed E-state index contributed by atoms with van der Waals surface area (Å²) in [6.07, 6.45) is 2.36. The molecule has 0 spiro atoms. The number of benzene rings is 1. The van der Waals surface area contributed by atoms with Gasteiger partial charge in [0.05, 0.1) is 6.10 Å². The summed E-state index contributed by atoms with van der Waals surface area (Å²) in [6.45, 7) is 3.76. The van der Waals surface area contributed by atoms with E-state index in [1.807, 2.05) is 13.0 Å². The fraction of sp³-hybridized carbons (Fsp3) is 0.571. The van der Waals surface area contributed by atoms with Crippen LogP contribution in [-0.2, 0) is 4.74 Å². The summed E-state index contributed by atoms with van der Waals surface area (Å²) in [5.41, 5.74) is 7.86. The molecule has 1 atom stereocenters. The van der Waals surface area contributed by atoms with Gasteiger partial charge in [-0.1, -0.05) is 0 Å². The minimum absolute atomic E-state index is 0.157. The first kappa shape index (κ1) is 13.3. The van der Waals surface area contributed by atoms with E-state index in [9.17, 15) is 4.39 Å². The van der Waals surface area contributed by atoms with Crippen molar-refractivity contribution in [2.45, 2.75) is 31.9 Å². The van der Waals surface area contributed by atoms with Crippen molar-refractivity contribution in [1.29, 1.82) is 0 Å². The van der Waals surface area contributed by atoms with E-state index in [0.29, 0.717) is 6.10 Å². The van der Waals surface area contributed by atoms with Crippen LogP contribution in [0.25, 0.3) is 0 Å². The molecule has 0 aromatic heterocycles. The average molecular weight is 252 g/mol. The summed E-state index contributed by atoms with van der Waals surface area (Å²) in [7, 11) is 1.76. The Labute approximate surface area is 108 Å². The maximum absolute atomic E-state index is 13.3. The maximum atomic E-state index is 13.3. The van der Waals surface area contributed by atoms with Gasteiger partial charge in [0.25, 0.3) is 0 Å². The second-order valence-corrected chi connectivity index (χ2v) is 4.91. The van der Waals surface area contributed by atoms with Crippen molar-refractivity contribution in [2.75, 3.05) is 25.1 Å². The second-order valence-electron chi connectivity index (χ2n) is 4.91. The summed E-state index contributed by atoms with van der Waals surface area (Å²) in [6, 6.07) is 4.73. The lowest BCUT2D eigenvalue weighted by molar-refractivity contribution is 0.0819. The van der Waals surface area contributed by atoms with Crippen LogP contribution in [-0.4, -0.2) is 26.3 Å². The van der Waals surface area contributed by atoms with Gasteiger partial charge in [-0.05, 0) is 43.5 Å². The maximum Gasteiger partial charge on any atom is 0.123 e. The molecular weight excluding hydrogens is 231 g/mol. The lowest BCUT2D eigenvalue weighted by atomic mass is 10.0. The molecule has 0 amide bonds. The zero-order valence-corrected chi connectivity index (χ0v) is 11.0. The van der Waals surface area contributed by atoms with Crippen LogP contribution in [0.1, 0.15) is 31.4 Å². The van der Waals surface area contributed by atoms with Gasteiger partial charge in [0.2, 0.25) is 0 Å². The van der Waals surface area contributed by atoms with Gasteiger partial charge in [-0.25, -0.2) is 4.39 Å². The molecular formula is C14H21FN2O. The quantitative estimate of drug-likeness (QED) is 0.898. The first-order chi connectivity index (χ1) is 8.61. The normalized spacial score (nSPS) is 19.0. The molecule has 18 heavy (non-hydrogen) atoms. The first-order valence-electron chi connectivity index (χ1n) is 6.44. The lowest BCUT2D eigenvalue weighted by Gasteiger charge is -2.34. The van der Waals surface area contributed by atoms with Gasteiger partial charge >= 0.3 is 0 Å².